The van der Waals surface area contributed by atoms with Crippen LogP contribution in [0.15, 0.2) is 0 Å². The van der Waals surface area contributed by atoms with Crippen LogP contribution in [-0.2, 0) is 4.74 Å². The van der Waals surface area contributed by atoms with E-state index in [0.717, 1.165) is 44.7 Å². The Balaban J connectivity index is 1.79. The molecule has 116 valence electrons. The molecule has 4 nitrogen and oxygen atoms in total. The van der Waals surface area contributed by atoms with Crippen LogP contribution in [0, 0.1) is 11.3 Å². The molecule has 0 radical (unpaired) electrons. The quantitative estimate of drug-likeness (QED) is 0.862. The van der Waals surface area contributed by atoms with Gasteiger partial charge in [-0.1, -0.05) is 0 Å². The SMILES string of the molecule is CC(C)(C)OC(=O)N1CCC(C2(CCCO)CC2)CC1. The Morgan fingerprint density at radius 2 is 1.90 bits per heavy atom. The molecule has 20 heavy (non-hydrogen) atoms. The van der Waals surface area contributed by atoms with Gasteiger partial charge in [-0.2, -0.15) is 0 Å². The van der Waals surface area contributed by atoms with Crippen LogP contribution in [0.1, 0.15) is 59.3 Å². The molecule has 0 bridgehead atoms. The fourth-order valence-electron chi connectivity index (χ4n) is 3.45. The first-order valence-electron chi connectivity index (χ1n) is 7.95. The van der Waals surface area contributed by atoms with Gasteiger partial charge in [-0.25, -0.2) is 4.79 Å². The number of ether oxygens (including phenoxy) is 1. The zero-order chi connectivity index (χ0) is 14.8. The van der Waals surface area contributed by atoms with E-state index in [-0.39, 0.29) is 6.09 Å². The maximum atomic E-state index is 12.0. The lowest BCUT2D eigenvalue weighted by atomic mass is 9.79. The summed E-state index contributed by atoms with van der Waals surface area (Å²) in [6.07, 6.45) is 6.70. The number of piperidine rings is 1. The molecule has 1 aliphatic carbocycles. The predicted molar refractivity (Wildman–Crippen MR) is 78.5 cm³/mol. The Bertz CT molecular complexity index is 336. The molecule has 2 rings (SSSR count). The van der Waals surface area contributed by atoms with Crippen molar-refractivity contribution in [3.8, 4) is 0 Å². The Kier molecular flexibility index (Phi) is 4.62. The molecule has 1 amide bonds. The van der Waals surface area contributed by atoms with Gasteiger partial charge in [0.15, 0.2) is 0 Å². The fraction of sp³-hybridized carbons (Fsp3) is 0.938. The predicted octanol–water partition coefficient (Wildman–Crippen LogP) is 3.19. The number of likely N-dealkylation sites (tertiary alicyclic amines) is 1. The van der Waals surface area contributed by atoms with Gasteiger partial charge < -0.3 is 14.7 Å². The van der Waals surface area contributed by atoms with Crippen LogP contribution in [0.25, 0.3) is 0 Å². The number of carbonyl (C=O) groups excluding carboxylic acids is 1. The van der Waals surface area contributed by atoms with Crippen molar-refractivity contribution in [2.24, 2.45) is 11.3 Å². The molecule has 1 saturated heterocycles. The molecule has 2 fully saturated rings. The molecule has 0 unspecified atom stereocenters. The maximum Gasteiger partial charge on any atom is 0.410 e. The Hall–Kier alpha value is -0.770. The largest absolute Gasteiger partial charge is 0.444 e. The highest BCUT2D eigenvalue weighted by molar-refractivity contribution is 5.68. The Morgan fingerprint density at radius 3 is 2.35 bits per heavy atom. The third kappa shape index (κ3) is 3.87. The van der Waals surface area contributed by atoms with Crippen LogP contribution in [0.3, 0.4) is 0 Å². The highest BCUT2D eigenvalue weighted by Gasteiger charge is 2.49. The van der Waals surface area contributed by atoms with E-state index in [1.165, 1.54) is 12.8 Å². The zero-order valence-electron chi connectivity index (χ0n) is 13.2. The van der Waals surface area contributed by atoms with Crippen molar-refractivity contribution in [1.29, 1.82) is 0 Å². The lowest BCUT2D eigenvalue weighted by Gasteiger charge is -2.37. The summed E-state index contributed by atoms with van der Waals surface area (Å²) in [7, 11) is 0. The van der Waals surface area contributed by atoms with Crippen molar-refractivity contribution in [3.05, 3.63) is 0 Å². The molecule has 1 aliphatic heterocycles. The molecule has 1 saturated carbocycles. The molecule has 0 spiro atoms. The monoisotopic (exact) mass is 283 g/mol. The highest BCUT2D eigenvalue weighted by Crippen LogP contribution is 2.58. The standard InChI is InChI=1S/C16H29NO3/c1-15(2,3)20-14(19)17-10-5-13(6-11-17)16(8-9-16)7-4-12-18/h13,18H,4-12H2,1-3H3. The van der Waals surface area contributed by atoms with Gasteiger partial charge in [-0.3, -0.25) is 0 Å². The van der Waals surface area contributed by atoms with Gasteiger partial charge in [-0.15, -0.1) is 0 Å². The first-order chi connectivity index (χ1) is 9.36. The van der Waals surface area contributed by atoms with Gasteiger partial charge in [0.25, 0.3) is 0 Å². The third-order valence-electron chi connectivity index (χ3n) is 4.74. The summed E-state index contributed by atoms with van der Waals surface area (Å²) in [4.78, 5) is 13.9. The number of aliphatic hydroxyl groups is 1. The highest BCUT2D eigenvalue weighted by atomic mass is 16.6. The number of amides is 1. The van der Waals surface area contributed by atoms with Crippen molar-refractivity contribution < 1.29 is 14.6 Å². The summed E-state index contributed by atoms with van der Waals surface area (Å²) >= 11 is 0. The fourth-order valence-corrected chi connectivity index (χ4v) is 3.45. The molecular weight excluding hydrogens is 254 g/mol. The van der Waals surface area contributed by atoms with E-state index in [4.69, 9.17) is 9.84 Å². The third-order valence-corrected chi connectivity index (χ3v) is 4.74. The van der Waals surface area contributed by atoms with Crippen molar-refractivity contribution in [2.75, 3.05) is 19.7 Å². The molecule has 2 aliphatic rings. The van der Waals surface area contributed by atoms with Crippen LogP contribution < -0.4 is 0 Å². The number of aliphatic hydroxyl groups excluding tert-OH is 1. The average molecular weight is 283 g/mol. The molecule has 1 heterocycles. The normalized spacial score (nSPS) is 22.7. The summed E-state index contributed by atoms with van der Waals surface area (Å²) in [6.45, 7) is 7.67. The average Bonchev–Trinajstić information content (AvgIpc) is 3.16. The number of nitrogens with zero attached hydrogens (tertiary/aromatic N) is 1. The van der Waals surface area contributed by atoms with Crippen LogP contribution in [0.5, 0.6) is 0 Å². The van der Waals surface area contributed by atoms with Crippen LogP contribution >= 0.6 is 0 Å². The van der Waals surface area contributed by atoms with Crippen molar-refractivity contribution >= 4 is 6.09 Å². The molecule has 1 N–H and O–H groups in total. The lowest BCUT2D eigenvalue weighted by Crippen LogP contribution is -2.43. The topological polar surface area (TPSA) is 49.8 Å². The molecule has 0 atom stereocenters. The van der Waals surface area contributed by atoms with E-state index < -0.39 is 5.60 Å². The second kappa shape index (κ2) is 5.92. The van der Waals surface area contributed by atoms with Crippen LogP contribution in [0.2, 0.25) is 0 Å². The lowest BCUT2D eigenvalue weighted by molar-refractivity contribution is 0.0145. The van der Waals surface area contributed by atoms with E-state index in [9.17, 15) is 4.79 Å². The van der Waals surface area contributed by atoms with Crippen LogP contribution in [0.4, 0.5) is 4.79 Å². The van der Waals surface area contributed by atoms with E-state index >= 15 is 0 Å². The zero-order valence-corrected chi connectivity index (χ0v) is 13.2. The summed E-state index contributed by atoms with van der Waals surface area (Å²) in [6, 6.07) is 0. The molecule has 4 heteroatoms. The second-order valence-electron chi connectivity index (χ2n) is 7.43. The Morgan fingerprint density at radius 1 is 1.30 bits per heavy atom. The molecule has 0 aromatic carbocycles. The van der Waals surface area contributed by atoms with E-state index in [2.05, 4.69) is 0 Å². The summed E-state index contributed by atoms with van der Waals surface area (Å²) in [5.74, 6) is 0.729. The number of hydrogen-bond acceptors (Lipinski definition) is 3. The minimum Gasteiger partial charge on any atom is -0.444 e. The minimum atomic E-state index is -0.410. The number of hydrogen-bond donors (Lipinski definition) is 1. The Labute approximate surface area is 122 Å². The van der Waals surface area contributed by atoms with Crippen molar-refractivity contribution in [3.63, 3.8) is 0 Å². The van der Waals surface area contributed by atoms with E-state index in [1.54, 1.807) is 0 Å². The van der Waals surface area contributed by atoms with Gasteiger partial charge in [0, 0.05) is 19.7 Å². The van der Waals surface area contributed by atoms with Crippen molar-refractivity contribution in [2.45, 2.75) is 64.9 Å². The number of rotatable bonds is 4. The first-order valence-corrected chi connectivity index (χ1v) is 7.95. The summed E-state index contributed by atoms with van der Waals surface area (Å²) in [5, 5.41) is 9.01. The van der Waals surface area contributed by atoms with Gasteiger partial charge >= 0.3 is 6.09 Å². The van der Waals surface area contributed by atoms with Gasteiger partial charge in [0.1, 0.15) is 5.60 Å². The van der Waals surface area contributed by atoms with Gasteiger partial charge in [-0.05, 0) is 70.6 Å². The molecule has 0 aromatic heterocycles. The molecule has 0 aromatic rings. The first kappa shape index (κ1) is 15.6. The summed E-state index contributed by atoms with van der Waals surface area (Å²) < 4.78 is 5.43. The van der Waals surface area contributed by atoms with Crippen molar-refractivity contribution in [1.82, 2.24) is 4.90 Å². The van der Waals surface area contributed by atoms with Gasteiger partial charge in [0.2, 0.25) is 0 Å². The van der Waals surface area contributed by atoms with Gasteiger partial charge in [0.05, 0.1) is 0 Å². The maximum absolute atomic E-state index is 12.0. The number of carbonyl (C=O) groups is 1. The minimum absolute atomic E-state index is 0.170. The summed E-state index contributed by atoms with van der Waals surface area (Å²) in [5.41, 5.74) is 0.0789. The van der Waals surface area contributed by atoms with E-state index in [1.807, 2.05) is 25.7 Å². The second-order valence-corrected chi connectivity index (χ2v) is 7.43. The van der Waals surface area contributed by atoms with E-state index in [0.29, 0.717) is 12.0 Å². The van der Waals surface area contributed by atoms with Crippen LogP contribution in [-0.4, -0.2) is 41.4 Å². The smallest absolute Gasteiger partial charge is 0.410 e. The molecular formula is C16H29NO3.